The number of aliphatic hydroxyl groups is 2. The molecule has 12 heteroatoms. The van der Waals surface area contributed by atoms with Crippen LogP contribution < -0.4 is 0 Å². The number of phosphoric ester groups is 1. The van der Waals surface area contributed by atoms with Gasteiger partial charge in [-0.15, -0.1) is 0 Å². The fraction of sp³-hybridized carbons (Fsp3) is 0.520. The van der Waals surface area contributed by atoms with Crippen molar-refractivity contribution < 1.29 is 52.3 Å². The van der Waals surface area contributed by atoms with E-state index in [4.69, 9.17) is 18.5 Å². The van der Waals surface area contributed by atoms with Gasteiger partial charge in [-0.1, -0.05) is 148 Å². The van der Waals surface area contributed by atoms with Gasteiger partial charge < -0.3 is 29.1 Å². The largest absolute Gasteiger partial charge is 0.472 e. The first kappa shape index (κ1) is 58.1. The fourth-order valence-electron chi connectivity index (χ4n) is 4.89. The van der Waals surface area contributed by atoms with E-state index in [-0.39, 0.29) is 26.1 Å². The number of quaternary nitrogens is 1. The van der Waals surface area contributed by atoms with E-state index < -0.39 is 44.7 Å². The van der Waals surface area contributed by atoms with Crippen LogP contribution in [0.2, 0.25) is 0 Å². The third-order valence-corrected chi connectivity index (χ3v) is 9.34. The summed E-state index contributed by atoms with van der Waals surface area (Å²) in [6.07, 6.45) is 50.2. The standard InChI is InChI=1S/C50H78NO10P/c1-6-8-10-11-12-13-14-15-16-17-18-19-20-21-22-26-34-40-49(54)58-44-48(45-60-62(56,57)59-43-42-51(3,4)5)61-50(55)41-35-27-24-23-25-31-37-47(53)39-33-29-28-32-38-46(52)36-30-9-7-2/h8-10,12-13,15-16,18-19,21-22,24-25,27-33,38-39,46-48,52-53H,6-7,11,14,17,20,23,26,34-37,40-45H2,1-5H3/p+1/b10-8-,13-12-,16-15-,19-18-,22-21-,27-24-,29-28-,30-9-,31-25-,38-32+,39-33+/t46-,47+,48+/m0/s1. The van der Waals surface area contributed by atoms with Gasteiger partial charge in [-0.3, -0.25) is 18.6 Å². The van der Waals surface area contributed by atoms with E-state index in [0.717, 1.165) is 38.5 Å². The number of carbonyl (C=O) groups excluding carboxylic acids is 2. The zero-order chi connectivity index (χ0) is 46.0. The van der Waals surface area contributed by atoms with Crippen molar-refractivity contribution in [1.82, 2.24) is 0 Å². The third-order valence-electron chi connectivity index (χ3n) is 8.36. The molecule has 0 heterocycles. The van der Waals surface area contributed by atoms with Crippen molar-refractivity contribution in [2.45, 2.75) is 122 Å². The number of esters is 2. The lowest BCUT2D eigenvalue weighted by molar-refractivity contribution is -0.870. The molecule has 0 fully saturated rings. The molecule has 0 aromatic rings. The van der Waals surface area contributed by atoms with E-state index >= 15 is 0 Å². The Labute approximate surface area is 374 Å². The maximum atomic E-state index is 12.7. The van der Waals surface area contributed by atoms with E-state index in [1.54, 1.807) is 36.5 Å². The second-order valence-corrected chi connectivity index (χ2v) is 16.8. The van der Waals surface area contributed by atoms with Gasteiger partial charge in [-0.05, 0) is 77.0 Å². The van der Waals surface area contributed by atoms with Gasteiger partial charge in [0.25, 0.3) is 0 Å². The van der Waals surface area contributed by atoms with Gasteiger partial charge in [0.05, 0.1) is 40.0 Å². The highest BCUT2D eigenvalue weighted by Gasteiger charge is 2.27. The average Bonchev–Trinajstić information content (AvgIpc) is 3.21. The molecule has 0 bridgehead atoms. The molecule has 0 aromatic carbocycles. The van der Waals surface area contributed by atoms with Gasteiger partial charge in [-0.2, -0.15) is 0 Å². The molecule has 0 aliphatic carbocycles. The summed E-state index contributed by atoms with van der Waals surface area (Å²) in [6, 6.07) is 0. The molecule has 4 atom stereocenters. The Kier molecular flexibility index (Phi) is 37.4. The van der Waals surface area contributed by atoms with Gasteiger partial charge in [0.1, 0.15) is 19.8 Å². The van der Waals surface area contributed by atoms with Gasteiger partial charge in [0.2, 0.25) is 0 Å². The van der Waals surface area contributed by atoms with E-state index in [2.05, 4.69) is 61.6 Å². The Morgan fingerprint density at radius 2 is 1.05 bits per heavy atom. The second-order valence-electron chi connectivity index (χ2n) is 15.4. The van der Waals surface area contributed by atoms with E-state index in [9.17, 15) is 29.3 Å². The van der Waals surface area contributed by atoms with E-state index in [1.165, 1.54) is 0 Å². The smallest absolute Gasteiger partial charge is 0.462 e. The lowest BCUT2D eigenvalue weighted by Crippen LogP contribution is -2.37. The lowest BCUT2D eigenvalue weighted by Gasteiger charge is -2.24. The maximum absolute atomic E-state index is 12.7. The molecule has 0 saturated carbocycles. The number of phosphoric acid groups is 1. The second kappa shape index (κ2) is 39.9. The van der Waals surface area contributed by atoms with Crippen molar-refractivity contribution in [3.8, 4) is 0 Å². The minimum Gasteiger partial charge on any atom is -0.462 e. The summed E-state index contributed by atoms with van der Waals surface area (Å²) in [5.74, 6) is -1.05. The number of hydrogen-bond acceptors (Lipinski definition) is 9. The molecule has 0 radical (unpaired) electrons. The molecule has 62 heavy (non-hydrogen) atoms. The van der Waals surface area contributed by atoms with E-state index in [1.807, 2.05) is 70.6 Å². The van der Waals surface area contributed by atoms with Gasteiger partial charge >= 0.3 is 19.8 Å². The van der Waals surface area contributed by atoms with Crippen LogP contribution in [-0.4, -0.2) is 97.3 Å². The molecule has 3 N–H and O–H groups in total. The Hall–Kier alpha value is -3.93. The molecule has 0 amide bonds. The Morgan fingerprint density at radius 3 is 1.58 bits per heavy atom. The van der Waals surface area contributed by atoms with Crippen molar-refractivity contribution in [1.29, 1.82) is 0 Å². The Balaban J connectivity index is 4.72. The van der Waals surface area contributed by atoms with Crippen LogP contribution in [0, 0.1) is 0 Å². The predicted molar refractivity (Wildman–Crippen MR) is 254 cm³/mol. The Bertz CT molecular complexity index is 1540. The summed E-state index contributed by atoms with van der Waals surface area (Å²) in [4.78, 5) is 35.3. The van der Waals surface area contributed by atoms with Crippen LogP contribution in [0.3, 0.4) is 0 Å². The van der Waals surface area contributed by atoms with Crippen molar-refractivity contribution >= 4 is 19.8 Å². The number of aliphatic hydroxyl groups excluding tert-OH is 2. The molecular formula is C50H79NO10P+. The SMILES string of the molecule is CC/C=C\C/C=C\C/C=C\C/C=C\C/C=C\CCCC(=O)OC[C@H](COP(=O)(O)OCC[N+](C)(C)C)OC(=O)CC/C=C\C/C=C\C[C@@H](O)/C=C/C=C\C=C\[C@@H](O)C/C=C\CC. The number of carbonyl (C=O) groups is 2. The van der Waals surface area contributed by atoms with Crippen LogP contribution in [0.25, 0.3) is 0 Å². The number of ether oxygens (including phenoxy) is 2. The molecule has 0 aliphatic heterocycles. The molecule has 0 spiro atoms. The number of unbranched alkanes of at least 4 members (excludes halogenated alkanes) is 1. The van der Waals surface area contributed by atoms with Crippen molar-refractivity contribution in [3.05, 3.63) is 134 Å². The first-order valence-corrected chi connectivity index (χ1v) is 23.6. The Morgan fingerprint density at radius 1 is 0.581 bits per heavy atom. The number of likely N-dealkylation sites (N-methyl/N-ethyl adjacent to an activating group) is 1. The summed E-state index contributed by atoms with van der Waals surface area (Å²) >= 11 is 0. The van der Waals surface area contributed by atoms with Crippen LogP contribution in [0.5, 0.6) is 0 Å². The first-order valence-electron chi connectivity index (χ1n) is 22.1. The van der Waals surface area contributed by atoms with Crippen LogP contribution in [-0.2, 0) is 32.7 Å². The van der Waals surface area contributed by atoms with Crippen molar-refractivity contribution in [2.75, 3.05) is 47.5 Å². The number of hydrogen-bond donors (Lipinski definition) is 3. The fourth-order valence-corrected chi connectivity index (χ4v) is 5.64. The highest BCUT2D eigenvalue weighted by atomic mass is 31.2. The summed E-state index contributed by atoms with van der Waals surface area (Å²) in [5.41, 5.74) is 0. The minimum absolute atomic E-state index is 0.0195. The minimum atomic E-state index is -4.45. The summed E-state index contributed by atoms with van der Waals surface area (Å²) in [7, 11) is 1.30. The quantitative estimate of drug-likeness (QED) is 0.0137. The van der Waals surface area contributed by atoms with Crippen LogP contribution in [0.15, 0.2) is 134 Å². The number of nitrogens with zero attached hydrogens (tertiary/aromatic N) is 1. The molecule has 0 aliphatic rings. The van der Waals surface area contributed by atoms with Crippen LogP contribution in [0.4, 0.5) is 0 Å². The summed E-state index contributed by atoms with van der Waals surface area (Å²) in [6.45, 7) is 3.80. The summed E-state index contributed by atoms with van der Waals surface area (Å²) in [5, 5.41) is 20.0. The predicted octanol–water partition coefficient (Wildman–Crippen LogP) is 10.6. The zero-order valence-electron chi connectivity index (χ0n) is 38.3. The van der Waals surface area contributed by atoms with Gasteiger partial charge in [-0.25, -0.2) is 4.57 Å². The third kappa shape index (κ3) is 42.7. The molecule has 11 nitrogen and oxygen atoms in total. The molecular weight excluding hydrogens is 806 g/mol. The normalized spacial score (nSPS) is 15.8. The van der Waals surface area contributed by atoms with Crippen LogP contribution in [0.1, 0.15) is 104 Å². The monoisotopic (exact) mass is 885 g/mol. The highest BCUT2D eigenvalue weighted by Crippen LogP contribution is 2.43. The topological polar surface area (TPSA) is 149 Å². The molecule has 0 saturated heterocycles. The molecule has 0 aromatic heterocycles. The lowest BCUT2D eigenvalue weighted by atomic mass is 10.2. The zero-order valence-corrected chi connectivity index (χ0v) is 39.1. The molecule has 1 unspecified atom stereocenters. The maximum Gasteiger partial charge on any atom is 0.472 e. The number of rotatable bonds is 37. The molecule has 0 rings (SSSR count). The van der Waals surface area contributed by atoms with Crippen molar-refractivity contribution in [2.24, 2.45) is 0 Å². The van der Waals surface area contributed by atoms with Gasteiger partial charge in [0, 0.05) is 12.8 Å². The van der Waals surface area contributed by atoms with Crippen molar-refractivity contribution in [3.63, 3.8) is 0 Å². The van der Waals surface area contributed by atoms with E-state index in [0.29, 0.717) is 49.6 Å². The number of allylic oxidation sites excluding steroid dienone is 18. The summed E-state index contributed by atoms with van der Waals surface area (Å²) < 4.78 is 34.1. The van der Waals surface area contributed by atoms with Crippen LogP contribution >= 0.6 is 7.82 Å². The highest BCUT2D eigenvalue weighted by molar-refractivity contribution is 7.47. The average molecular weight is 885 g/mol. The van der Waals surface area contributed by atoms with Gasteiger partial charge in [0.15, 0.2) is 6.10 Å². The molecule has 348 valence electrons. The first-order chi connectivity index (χ1) is 29.8.